The van der Waals surface area contributed by atoms with Crippen LogP contribution in [0, 0.1) is 11.8 Å². The lowest BCUT2D eigenvalue weighted by Gasteiger charge is -2.43. The summed E-state index contributed by atoms with van der Waals surface area (Å²) in [5.41, 5.74) is 5.72. The Hall–Kier alpha value is -4.22. The third-order valence-corrected chi connectivity index (χ3v) is 13.6. The fourth-order valence-electron chi connectivity index (χ4n) is 6.93. The van der Waals surface area contributed by atoms with Crippen molar-refractivity contribution in [1.82, 2.24) is 20.9 Å². The second kappa shape index (κ2) is 19.9. The number of amides is 5. The molecule has 19 heteroatoms. The minimum absolute atomic E-state index is 0.0246. The van der Waals surface area contributed by atoms with Gasteiger partial charge < -0.3 is 51.3 Å². The molecule has 0 heterocycles. The number of ether oxygens (including phenoxy) is 3. The number of nitrogens with one attached hydrogen (secondary N) is 3. The van der Waals surface area contributed by atoms with Crippen molar-refractivity contribution >= 4 is 49.3 Å². The van der Waals surface area contributed by atoms with Gasteiger partial charge >= 0.3 is 12.1 Å². The van der Waals surface area contributed by atoms with Gasteiger partial charge in [0.2, 0.25) is 17.7 Å². The Morgan fingerprint density at radius 2 is 1.42 bits per heavy atom. The summed E-state index contributed by atoms with van der Waals surface area (Å²) in [6.07, 6.45) is -0.359. The van der Waals surface area contributed by atoms with E-state index in [4.69, 9.17) is 25.7 Å². The number of nitrogens with two attached hydrogens (primary N) is 2. The highest BCUT2D eigenvalue weighted by Gasteiger charge is 2.61. The summed E-state index contributed by atoms with van der Waals surface area (Å²) in [5, 5.41) is 15.9. The Bertz CT molecular complexity index is 1750. The quantitative estimate of drug-likeness (QED) is 0.0534. The SMILES string of the molecule is COC(=O)[C@@H](NC(=O)[C@](N)(C(=O)C1([PH](=O)C(C)(NC(=O)[C@H](C)N(C(=O)OC(C)(C)C)C(=O)[C@H](C)NC(=O)[C@@](N)(CO)c2ccccc2)OC)CCCC1)C(C)C)C(C)C. The van der Waals surface area contributed by atoms with Gasteiger partial charge in [-0.15, -0.1) is 0 Å². The minimum Gasteiger partial charge on any atom is -0.467 e. The van der Waals surface area contributed by atoms with Crippen molar-refractivity contribution in [1.29, 1.82) is 0 Å². The molecule has 2 unspecified atom stereocenters. The van der Waals surface area contributed by atoms with E-state index in [1.165, 1.54) is 53.7 Å². The predicted molar refractivity (Wildman–Crippen MR) is 219 cm³/mol. The van der Waals surface area contributed by atoms with Crippen LogP contribution in [0.3, 0.4) is 0 Å². The van der Waals surface area contributed by atoms with Gasteiger partial charge in [0.1, 0.15) is 37.1 Å². The third kappa shape index (κ3) is 10.9. The molecule has 5 amide bonds. The molecule has 2 rings (SSSR count). The van der Waals surface area contributed by atoms with Gasteiger partial charge in [-0.2, -0.15) is 0 Å². The Balaban J connectivity index is 2.56. The van der Waals surface area contributed by atoms with Crippen LogP contribution in [0.15, 0.2) is 30.3 Å². The molecule has 1 aromatic carbocycles. The van der Waals surface area contributed by atoms with E-state index in [0.29, 0.717) is 17.7 Å². The van der Waals surface area contributed by atoms with Crippen molar-refractivity contribution in [3.63, 3.8) is 0 Å². The average molecular weight is 853 g/mol. The van der Waals surface area contributed by atoms with Crippen LogP contribution in [0.2, 0.25) is 0 Å². The summed E-state index contributed by atoms with van der Waals surface area (Å²) in [7, 11) is -1.24. The molecule has 18 nitrogen and oxygen atoms in total. The first kappa shape index (κ1) is 50.9. The molecular formula is C40H65N6O12P. The molecule has 0 saturated heterocycles. The number of aliphatic hydroxyl groups is 1. The van der Waals surface area contributed by atoms with Crippen LogP contribution in [-0.2, 0) is 53.1 Å². The van der Waals surface area contributed by atoms with Gasteiger partial charge in [-0.25, -0.2) is 14.5 Å². The van der Waals surface area contributed by atoms with Gasteiger partial charge in [0, 0.05) is 7.11 Å². The molecule has 0 bridgehead atoms. The molecule has 0 spiro atoms. The van der Waals surface area contributed by atoms with E-state index in [9.17, 15) is 38.7 Å². The summed E-state index contributed by atoms with van der Waals surface area (Å²) >= 11 is 0. The van der Waals surface area contributed by atoms with E-state index in [1.54, 1.807) is 45.9 Å². The molecule has 7 atom stereocenters. The molecule has 0 radical (unpaired) electrons. The number of imide groups is 1. The van der Waals surface area contributed by atoms with E-state index < -0.39 is 113 Å². The summed E-state index contributed by atoms with van der Waals surface area (Å²) in [6.45, 7) is 13.9. The lowest BCUT2D eigenvalue weighted by atomic mass is 9.76. The second-order valence-electron chi connectivity index (χ2n) is 17.0. The first-order chi connectivity index (χ1) is 27.1. The molecule has 1 aromatic rings. The highest BCUT2D eigenvalue weighted by molar-refractivity contribution is 7.49. The van der Waals surface area contributed by atoms with E-state index in [-0.39, 0.29) is 18.4 Å². The van der Waals surface area contributed by atoms with Crippen molar-refractivity contribution < 1.29 is 57.4 Å². The van der Waals surface area contributed by atoms with Gasteiger partial charge in [-0.1, -0.05) is 70.9 Å². The number of ketones is 1. The zero-order valence-corrected chi connectivity index (χ0v) is 37.3. The van der Waals surface area contributed by atoms with E-state index in [2.05, 4.69) is 16.0 Å². The normalized spacial score (nSPS) is 19.1. The molecule has 0 aromatic heterocycles. The summed E-state index contributed by atoms with van der Waals surface area (Å²) in [6, 6.07) is 3.57. The minimum atomic E-state index is -3.54. The number of methoxy groups -OCH3 is 2. The number of benzene rings is 1. The van der Waals surface area contributed by atoms with Crippen LogP contribution in [0.4, 0.5) is 4.79 Å². The van der Waals surface area contributed by atoms with Crippen LogP contribution in [0.1, 0.15) is 100 Å². The zero-order valence-electron chi connectivity index (χ0n) is 36.3. The molecule has 59 heavy (non-hydrogen) atoms. The average Bonchev–Trinajstić information content (AvgIpc) is 3.68. The number of aliphatic hydroxyl groups excluding tert-OH is 1. The second-order valence-corrected chi connectivity index (χ2v) is 19.5. The van der Waals surface area contributed by atoms with Crippen molar-refractivity contribution in [2.75, 3.05) is 20.8 Å². The first-order valence-corrected chi connectivity index (χ1v) is 21.0. The number of carbonyl (C=O) groups is 7. The maximum atomic E-state index is 15.0. The fraction of sp³-hybridized carbons (Fsp3) is 0.675. The summed E-state index contributed by atoms with van der Waals surface area (Å²) in [5.74, 6) is -6.99. The lowest BCUT2D eigenvalue weighted by Crippen LogP contribution is -2.69. The number of esters is 1. The van der Waals surface area contributed by atoms with E-state index in [0.717, 1.165) is 14.2 Å². The lowest BCUT2D eigenvalue weighted by molar-refractivity contribution is -0.149. The highest BCUT2D eigenvalue weighted by Crippen LogP contribution is 2.59. The van der Waals surface area contributed by atoms with Gasteiger partial charge in [-0.3, -0.25) is 24.0 Å². The van der Waals surface area contributed by atoms with Gasteiger partial charge in [0.25, 0.3) is 5.91 Å². The maximum Gasteiger partial charge on any atom is 0.417 e. The van der Waals surface area contributed by atoms with Crippen LogP contribution in [0.5, 0.6) is 0 Å². The Labute approximate surface area is 347 Å². The fourth-order valence-corrected chi connectivity index (χ4v) is 9.49. The van der Waals surface area contributed by atoms with E-state index >= 15 is 4.57 Å². The van der Waals surface area contributed by atoms with Gasteiger partial charge in [-0.05, 0) is 71.8 Å². The first-order valence-electron chi connectivity index (χ1n) is 19.6. The molecule has 0 aliphatic heterocycles. The summed E-state index contributed by atoms with van der Waals surface area (Å²) in [4.78, 5) is 97.2. The number of hydrogen-bond acceptors (Lipinski definition) is 14. The predicted octanol–water partition coefficient (Wildman–Crippen LogP) is 2.04. The van der Waals surface area contributed by atoms with Crippen LogP contribution >= 0.6 is 7.80 Å². The largest absolute Gasteiger partial charge is 0.467 e. The highest BCUT2D eigenvalue weighted by atomic mass is 31.1. The molecule has 332 valence electrons. The molecule has 1 saturated carbocycles. The summed E-state index contributed by atoms with van der Waals surface area (Å²) < 4.78 is 31.0. The standard InChI is InChI=1S/C40H65N6O12P/c1-23(2)28(31(50)56-11)44-34(53)40(42,24(3)4)32(51)38(20-16-17-21-38)59(55)37(10,57-12)45-29(48)26(6)46(35(54)58-36(7,8)9)30(49)25(5)43-33(52)39(41,22-47)27-18-14-13-15-19-27/h13-15,18-19,23-26,28,47,59H,16-17,20-22,41-42H2,1-12H3,(H,43,52)(H,44,53)(H,45,48)/t25-,26-,28-,37?,39+,40+/m0/s1. The van der Waals surface area contributed by atoms with Crippen molar-refractivity contribution in [3.05, 3.63) is 35.9 Å². The molecule has 1 aliphatic rings. The van der Waals surface area contributed by atoms with Crippen LogP contribution < -0.4 is 27.4 Å². The number of nitrogens with zero attached hydrogens (tertiary/aromatic N) is 1. The molecule has 1 aliphatic carbocycles. The zero-order chi connectivity index (χ0) is 45.5. The maximum absolute atomic E-state index is 15.0. The number of hydrogen-bond donors (Lipinski definition) is 6. The smallest absolute Gasteiger partial charge is 0.417 e. The van der Waals surface area contributed by atoms with Crippen LogP contribution in [-0.4, -0.2) is 112 Å². The molecular weight excluding hydrogens is 787 g/mol. The number of Topliss-reactive ketones (excluding diaryl/α,β-unsaturated/α-hetero) is 1. The van der Waals surface area contributed by atoms with Crippen LogP contribution in [0.25, 0.3) is 0 Å². The van der Waals surface area contributed by atoms with E-state index in [1.807, 2.05) is 0 Å². The Morgan fingerprint density at radius 3 is 1.86 bits per heavy atom. The Morgan fingerprint density at radius 1 is 0.881 bits per heavy atom. The van der Waals surface area contributed by atoms with Crippen molar-refractivity contribution in [2.24, 2.45) is 23.3 Å². The van der Waals surface area contributed by atoms with Crippen molar-refractivity contribution in [2.45, 2.75) is 140 Å². The topological polar surface area (TPSA) is 276 Å². The third-order valence-electron chi connectivity index (χ3n) is 10.9. The van der Waals surface area contributed by atoms with Crippen molar-refractivity contribution in [3.8, 4) is 0 Å². The van der Waals surface area contributed by atoms with Gasteiger partial charge in [0.05, 0.1) is 18.9 Å². The van der Waals surface area contributed by atoms with Gasteiger partial charge in [0.15, 0.2) is 16.8 Å². The molecule has 1 fully saturated rings. The Kier molecular flexibility index (Phi) is 17.2. The number of carbonyl (C=O) groups excluding carboxylic acids is 7. The number of rotatable bonds is 18. The molecule has 8 N–H and O–H groups in total. The monoisotopic (exact) mass is 852 g/mol.